The molecule has 3 aromatic carbocycles. The predicted molar refractivity (Wildman–Crippen MR) is 493 cm³/mol. The average Bonchev–Trinajstić information content (AvgIpc) is 1.60. The van der Waals surface area contributed by atoms with E-state index in [1.54, 1.807) is 82.5 Å². The number of halogens is 1. The Kier molecular flexibility index (Phi) is 26.5. The topological polar surface area (TPSA) is 386 Å². The predicted octanol–water partition coefficient (Wildman–Crippen LogP) is 18.6. The van der Waals surface area contributed by atoms with E-state index in [-0.39, 0.29) is 32.3 Å². The molecule has 14 heterocycles. The van der Waals surface area contributed by atoms with Gasteiger partial charge in [0.05, 0.1) is 88.7 Å². The zero-order chi connectivity index (χ0) is 88.7. The second-order valence-corrected chi connectivity index (χ2v) is 41.4. The van der Waals surface area contributed by atoms with Crippen LogP contribution in [0.5, 0.6) is 0 Å². The van der Waals surface area contributed by atoms with Crippen LogP contribution in [0.25, 0.3) is 54.0 Å². The molecule has 3 aliphatic rings. The first-order chi connectivity index (χ1) is 58.7. The lowest BCUT2D eigenvalue weighted by molar-refractivity contribution is -0.0310. The van der Waals surface area contributed by atoms with E-state index >= 15 is 0 Å². The summed E-state index contributed by atoms with van der Waals surface area (Å²) in [7, 11) is -10.7. The summed E-state index contributed by atoms with van der Waals surface area (Å²) < 4.78 is 93.5. The van der Waals surface area contributed by atoms with Crippen LogP contribution >= 0.6 is 45.6 Å². The number of rotatable bonds is 18. The van der Waals surface area contributed by atoms with E-state index in [0.29, 0.717) is 94.9 Å². The van der Waals surface area contributed by atoms with E-state index in [9.17, 15) is 25.3 Å². The standard InChI is InChI=1S/C31H35N7O3S2.C27H28N6O2S2.C24H26ClN5O3S2.C6H9N3/c1-17-13-23(34-20(4)32-17)15-24-16-26(29-30(36-24)38(21(5)35-29)28-9-7-8-12-41-28)37-25-11-10-22(14-27(25)43(6,39)40)31-33-18(2)19(3)42-31;1-14-9-20(31-18(5)28-14)12-21-13-24(26-23(32-21)10-15(2)29-26)33-22-8-7-19(11-25(22)37(6,34)35)27-30-16(3)17(4)36-27;1-13-14(2)34-24(26-13)16-8-9-17(19(11-16)35(4,31)32)28-18-12-20(25)29-23-22(18)27-15(3)30(23)21-7-5-6-10-33-21;1-4-3-6(7)9-5(2)8-4/h10-11,13-14,16,28H,7-9,12,15H2,1-6H3,(H,36,37);7-9,11,13H,10,12H2,1-6H3,(H,32,33);8-9,11-12,21H,5-7,10H2,1-4H3,(H,28,29);3H,1-2H3,(H2,7,8,9). The fraction of sp³-hybridized carbons (Fsp3) is 0.352. The zero-order valence-electron chi connectivity index (χ0n) is 72.4. The molecule has 0 spiro atoms. The number of fused-ring (bicyclic) bond motifs is 3. The van der Waals surface area contributed by atoms with Crippen molar-refractivity contribution < 1.29 is 34.7 Å². The molecule has 5 N–H and O–H groups in total. The van der Waals surface area contributed by atoms with E-state index in [2.05, 4.69) is 70.4 Å². The third-order valence-electron chi connectivity index (χ3n) is 20.9. The number of thiazole rings is 3. The quantitative estimate of drug-likeness (QED) is 0.0580. The number of ether oxygens (including phenoxy) is 2. The van der Waals surface area contributed by atoms with Crippen molar-refractivity contribution in [2.45, 2.75) is 189 Å². The number of imidazole rings is 2. The van der Waals surface area contributed by atoms with E-state index in [4.69, 9.17) is 51.7 Å². The molecule has 14 aromatic rings. The molecule has 0 radical (unpaired) electrons. The summed E-state index contributed by atoms with van der Waals surface area (Å²) >= 11 is 11.1. The van der Waals surface area contributed by atoms with Crippen LogP contribution in [-0.2, 0) is 58.2 Å². The molecule has 124 heavy (non-hydrogen) atoms. The van der Waals surface area contributed by atoms with Crippen LogP contribution in [0, 0.1) is 96.9 Å². The Bertz CT molecular complexity index is 6740. The summed E-state index contributed by atoms with van der Waals surface area (Å²) in [6.45, 7) is 30.5. The molecular formula is C88H98ClN21O8S6. The molecule has 36 heteroatoms. The number of benzene rings is 3. The lowest BCUT2D eigenvalue weighted by Crippen LogP contribution is -2.19. The summed E-state index contributed by atoms with van der Waals surface area (Å²) in [5, 5.41) is 12.7. The van der Waals surface area contributed by atoms with E-state index < -0.39 is 29.5 Å². The maximum absolute atomic E-state index is 13.1. The number of nitrogen functional groups attached to an aromatic ring is 1. The zero-order valence-corrected chi connectivity index (χ0v) is 78.0. The number of sulfone groups is 3. The maximum atomic E-state index is 13.1. The van der Waals surface area contributed by atoms with Gasteiger partial charge in [0.2, 0.25) is 0 Å². The smallest absolute Gasteiger partial charge is 0.177 e. The second-order valence-electron chi connectivity index (χ2n) is 31.4. The molecule has 2 fully saturated rings. The van der Waals surface area contributed by atoms with E-state index in [0.717, 1.165) is 188 Å². The number of aromatic nitrogens is 16. The molecule has 0 bridgehead atoms. The third kappa shape index (κ3) is 20.9. The number of nitrogens with two attached hydrogens (primary N) is 1. The van der Waals surface area contributed by atoms with Crippen molar-refractivity contribution in [2.24, 2.45) is 4.99 Å². The Morgan fingerprint density at radius 3 is 1.18 bits per heavy atom. The van der Waals surface area contributed by atoms with Gasteiger partial charge >= 0.3 is 0 Å². The molecule has 646 valence electrons. The highest BCUT2D eigenvalue weighted by Gasteiger charge is 2.30. The first-order valence-electron chi connectivity index (χ1n) is 40.3. The van der Waals surface area contributed by atoms with Crippen LogP contribution in [0.2, 0.25) is 5.15 Å². The van der Waals surface area contributed by atoms with Gasteiger partial charge in [-0.3, -0.25) is 19.1 Å². The molecule has 11 aromatic heterocycles. The van der Waals surface area contributed by atoms with Crippen molar-refractivity contribution in [3.8, 4) is 31.7 Å². The number of aliphatic imine (C=N–C) groups is 1. The Labute approximate surface area is 738 Å². The van der Waals surface area contributed by atoms with Gasteiger partial charge in [-0.1, -0.05) is 11.6 Å². The minimum Gasteiger partial charge on any atom is -0.384 e. The van der Waals surface area contributed by atoms with Crippen molar-refractivity contribution in [2.75, 3.05) is 53.7 Å². The lowest BCUT2D eigenvalue weighted by Gasteiger charge is -2.25. The fourth-order valence-electron chi connectivity index (χ4n) is 15.1. The summed E-state index contributed by atoms with van der Waals surface area (Å²) in [6.07, 6.45) is 11.0. The number of hydrogen-bond acceptors (Lipinski definition) is 30. The molecule has 0 amide bonds. The minimum atomic E-state index is -3.59. The Morgan fingerprint density at radius 1 is 0.419 bits per heavy atom. The van der Waals surface area contributed by atoms with Crippen LogP contribution in [0.3, 0.4) is 0 Å². The number of aryl methyl sites for hydroxylation is 14. The van der Waals surface area contributed by atoms with Gasteiger partial charge in [0.1, 0.15) is 84.3 Å². The van der Waals surface area contributed by atoms with Gasteiger partial charge in [-0.25, -0.2) is 90.0 Å². The molecule has 2 saturated heterocycles. The second kappa shape index (κ2) is 36.7. The molecule has 2 unspecified atom stereocenters. The third-order valence-corrected chi connectivity index (χ3v) is 27.9. The fourth-order valence-corrected chi connectivity index (χ4v) is 20.6. The largest absolute Gasteiger partial charge is 0.384 e. The van der Waals surface area contributed by atoms with Crippen LogP contribution in [-0.4, -0.2) is 142 Å². The van der Waals surface area contributed by atoms with E-state index in [1.165, 1.54) is 18.8 Å². The molecule has 17 rings (SSSR count). The highest BCUT2D eigenvalue weighted by Crippen LogP contribution is 2.43. The van der Waals surface area contributed by atoms with Crippen LogP contribution in [0.4, 0.5) is 45.6 Å². The van der Waals surface area contributed by atoms with Gasteiger partial charge in [-0.05, 0) is 221 Å². The molecule has 29 nitrogen and oxygen atoms in total. The Morgan fingerprint density at radius 2 is 0.798 bits per heavy atom. The van der Waals surface area contributed by atoms with Gasteiger partial charge in [-0.15, -0.1) is 34.0 Å². The number of pyridine rings is 3. The summed E-state index contributed by atoms with van der Waals surface area (Å²) in [5.74, 6) is 4.24. The molecule has 3 aliphatic heterocycles. The Hall–Kier alpha value is -10.9. The number of nitrogens with one attached hydrogen (secondary N) is 3. The van der Waals surface area contributed by atoms with E-state index in [1.807, 2.05) is 151 Å². The lowest BCUT2D eigenvalue weighted by atomic mass is 10.1. The monoisotopic (exact) mass is 1800 g/mol. The number of hydrogen-bond donors (Lipinski definition) is 4. The number of anilines is 7. The summed E-state index contributed by atoms with van der Waals surface area (Å²) in [4.78, 5) is 72.4. The average molecular weight is 1810 g/mol. The summed E-state index contributed by atoms with van der Waals surface area (Å²) in [5.41, 5.74) is 25.1. The SMILES string of the molecule is CC1=Nc2c(Nc3ccc(-c4nc(C)c(C)s4)cc3S(C)(=O)=O)cc(Cc3cc(C)nc(C)n3)nc2C1.Cc1cc(Cc2cc(Nc3ccc(-c4nc(C)c(C)s4)cc3S(C)(=O)=O)c3nc(C)n(C4CCCCO4)c3n2)nc(C)n1.Cc1cc(N)nc(C)n1.Cc1nc(-c2ccc(Nc3cc(Cl)nc4c3nc(C)n4C3CCCCO3)c(S(C)(=O)=O)c2)sc1C. The van der Waals surface area contributed by atoms with Gasteiger partial charge in [0.25, 0.3) is 0 Å². The van der Waals surface area contributed by atoms with Crippen LogP contribution < -0.4 is 21.7 Å². The van der Waals surface area contributed by atoms with Gasteiger partial charge in [-0.2, -0.15) is 0 Å². The highest BCUT2D eigenvalue weighted by atomic mass is 35.5. The number of nitrogens with zero attached hydrogens (tertiary/aromatic N) is 17. The molecule has 0 aliphatic carbocycles. The minimum absolute atomic E-state index is 0.149. The Balaban J connectivity index is 0.000000144. The van der Waals surface area contributed by atoms with Gasteiger partial charge in [0, 0.05) is 123 Å². The van der Waals surface area contributed by atoms with Crippen molar-refractivity contribution in [1.29, 1.82) is 0 Å². The van der Waals surface area contributed by atoms with Crippen LogP contribution in [0.1, 0.15) is 164 Å². The van der Waals surface area contributed by atoms with Gasteiger partial charge in [0.15, 0.2) is 40.8 Å². The highest BCUT2D eigenvalue weighted by molar-refractivity contribution is 7.91. The van der Waals surface area contributed by atoms with Crippen molar-refractivity contribution in [3.63, 3.8) is 0 Å². The van der Waals surface area contributed by atoms with Gasteiger partial charge < -0.3 is 31.2 Å². The van der Waals surface area contributed by atoms with Crippen molar-refractivity contribution in [1.82, 2.24) is 78.9 Å². The molecule has 0 saturated carbocycles. The normalized spacial score (nSPS) is 14.7. The first kappa shape index (κ1) is 89.4. The maximum Gasteiger partial charge on any atom is 0.177 e. The van der Waals surface area contributed by atoms with Crippen LogP contribution in [0.15, 0.2) is 111 Å². The molecule has 2 atom stereocenters. The summed E-state index contributed by atoms with van der Waals surface area (Å²) in [6, 6.07) is 27.3. The van der Waals surface area contributed by atoms with Crippen molar-refractivity contribution >= 4 is 149 Å². The first-order valence-corrected chi connectivity index (χ1v) is 48.8. The van der Waals surface area contributed by atoms with Crippen molar-refractivity contribution in [3.05, 3.63) is 203 Å². The molecular weight excluding hydrogens is 1710 g/mol.